The van der Waals surface area contributed by atoms with Crippen LogP contribution in [-0.2, 0) is 16.1 Å². The van der Waals surface area contributed by atoms with Crippen LogP contribution in [0, 0.1) is 6.92 Å². The number of aryl methyl sites for hydroxylation is 1. The van der Waals surface area contributed by atoms with Crippen LogP contribution in [0.15, 0.2) is 18.2 Å². The third kappa shape index (κ3) is 5.28. The van der Waals surface area contributed by atoms with Crippen LogP contribution < -0.4 is 15.8 Å². The van der Waals surface area contributed by atoms with Crippen molar-refractivity contribution in [1.29, 1.82) is 0 Å². The fourth-order valence-electron chi connectivity index (χ4n) is 1.52. The Morgan fingerprint density at radius 1 is 1.42 bits per heavy atom. The molecule has 0 saturated carbocycles. The minimum atomic E-state index is -0.511. The summed E-state index contributed by atoms with van der Waals surface area (Å²) in [6, 6.07) is 5.36. The molecule has 5 nitrogen and oxygen atoms in total. The fraction of sp³-hybridized carbons (Fsp3) is 0.500. The maximum absolute atomic E-state index is 11.5. The highest BCUT2D eigenvalue weighted by atomic mass is 16.5. The minimum absolute atomic E-state index is 0.177. The van der Waals surface area contributed by atoms with Crippen LogP contribution in [0.2, 0.25) is 0 Å². The quantitative estimate of drug-likeness (QED) is 0.722. The zero-order chi connectivity index (χ0) is 14.3. The Morgan fingerprint density at radius 3 is 2.79 bits per heavy atom. The molecule has 106 valence electrons. The summed E-state index contributed by atoms with van der Waals surface area (Å²) < 4.78 is 10.6. The van der Waals surface area contributed by atoms with Crippen molar-refractivity contribution >= 4 is 5.91 Å². The highest BCUT2D eigenvalue weighted by Gasteiger charge is 2.09. The first-order valence-electron chi connectivity index (χ1n) is 6.29. The molecule has 0 aliphatic rings. The number of methoxy groups -OCH3 is 1. The van der Waals surface area contributed by atoms with Gasteiger partial charge in [0.25, 0.3) is 0 Å². The van der Waals surface area contributed by atoms with Gasteiger partial charge in [0.05, 0.1) is 12.6 Å². The summed E-state index contributed by atoms with van der Waals surface area (Å²) in [5.41, 5.74) is 7.53. The monoisotopic (exact) mass is 266 g/mol. The Bertz CT molecular complexity index is 419. The Morgan fingerprint density at radius 2 is 2.16 bits per heavy atom. The normalized spacial score (nSPS) is 12.0. The van der Waals surface area contributed by atoms with E-state index in [2.05, 4.69) is 5.32 Å². The maximum Gasteiger partial charge on any atom is 0.236 e. The molecule has 0 saturated heterocycles. The summed E-state index contributed by atoms with van der Waals surface area (Å²) in [5, 5.41) is 2.77. The van der Waals surface area contributed by atoms with Crippen molar-refractivity contribution in [2.75, 3.05) is 20.3 Å². The van der Waals surface area contributed by atoms with E-state index in [-0.39, 0.29) is 5.91 Å². The van der Waals surface area contributed by atoms with Crippen molar-refractivity contribution < 1.29 is 14.3 Å². The molecule has 19 heavy (non-hydrogen) atoms. The van der Waals surface area contributed by atoms with Gasteiger partial charge in [-0.1, -0.05) is 12.1 Å². The highest BCUT2D eigenvalue weighted by Crippen LogP contribution is 2.20. The molecule has 1 amide bonds. The van der Waals surface area contributed by atoms with E-state index in [0.29, 0.717) is 19.8 Å². The second-order valence-corrected chi connectivity index (χ2v) is 4.46. The molecule has 1 rings (SSSR count). The maximum atomic E-state index is 11.5. The van der Waals surface area contributed by atoms with Gasteiger partial charge in [-0.3, -0.25) is 4.79 Å². The molecular formula is C14H22N2O3. The Kier molecular flexibility index (Phi) is 6.32. The smallest absolute Gasteiger partial charge is 0.236 e. The molecule has 0 spiro atoms. The van der Waals surface area contributed by atoms with E-state index in [1.54, 1.807) is 14.0 Å². The number of ether oxygens (including phenoxy) is 2. The number of rotatable bonds is 7. The SMILES string of the molecule is COCCOc1cc(C)ccc1CNC(=O)[C@H](C)N. The Hall–Kier alpha value is -1.59. The molecule has 0 radical (unpaired) electrons. The molecule has 0 unspecified atom stereocenters. The lowest BCUT2D eigenvalue weighted by molar-refractivity contribution is -0.122. The summed E-state index contributed by atoms with van der Waals surface area (Å²) in [7, 11) is 1.63. The number of hydrogen-bond acceptors (Lipinski definition) is 4. The minimum Gasteiger partial charge on any atom is -0.491 e. The predicted molar refractivity (Wildman–Crippen MR) is 74.0 cm³/mol. The standard InChI is InChI=1S/C14H22N2O3/c1-10-4-5-12(9-16-14(17)11(2)15)13(8-10)19-7-6-18-3/h4-5,8,11H,6-7,9,15H2,1-3H3,(H,16,17)/t11-/m0/s1. The van der Waals surface area contributed by atoms with E-state index < -0.39 is 6.04 Å². The third-order valence-electron chi connectivity index (χ3n) is 2.63. The summed E-state index contributed by atoms with van der Waals surface area (Å²) >= 11 is 0. The molecule has 0 bridgehead atoms. The van der Waals surface area contributed by atoms with Gasteiger partial charge in [-0.2, -0.15) is 0 Å². The van der Waals surface area contributed by atoms with Crippen LogP contribution in [0.4, 0.5) is 0 Å². The second kappa shape index (κ2) is 7.76. The van der Waals surface area contributed by atoms with E-state index >= 15 is 0 Å². The molecule has 3 N–H and O–H groups in total. The first-order valence-corrected chi connectivity index (χ1v) is 6.29. The third-order valence-corrected chi connectivity index (χ3v) is 2.63. The fourth-order valence-corrected chi connectivity index (χ4v) is 1.52. The Labute approximate surface area is 114 Å². The van der Waals surface area contributed by atoms with Crippen LogP contribution in [-0.4, -0.2) is 32.3 Å². The molecule has 1 aromatic rings. The molecular weight excluding hydrogens is 244 g/mol. The summed E-state index contributed by atoms with van der Waals surface area (Å²) in [4.78, 5) is 11.5. The molecule has 0 fully saturated rings. The predicted octanol–water partition coefficient (Wildman–Crippen LogP) is 0.984. The van der Waals surface area contributed by atoms with Gasteiger partial charge < -0.3 is 20.5 Å². The lowest BCUT2D eigenvalue weighted by Gasteiger charge is -2.13. The number of hydrogen-bond donors (Lipinski definition) is 2. The van der Waals surface area contributed by atoms with E-state index in [4.69, 9.17) is 15.2 Å². The molecule has 0 heterocycles. The molecule has 1 aromatic carbocycles. The van der Waals surface area contributed by atoms with Crippen molar-refractivity contribution in [3.05, 3.63) is 29.3 Å². The molecule has 0 aliphatic heterocycles. The number of amides is 1. The van der Waals surface area contributed by atoms with Gasteiger partial charge in [0, 0.05) is 19.2 Å². The van der Waals surface area contributed by atoms with Gasteiger partial charge in [0.15, 0.2) is 0 Å². The van der Waals surface area contributed by atoms with Crippen LogP contribution in [0.1, 0.15) is 18.1 Å². The van der Waals surface area contributed by atoms with Crippen LogP contribution >= 0.6 is 0 Å². The lowest BCUT2D eigenvalue weighted by atomic mass is 10.1. The zero-order valence-corrected chi connectivity index (χ0v) is 11.7. The average Bonchev–Trinajstić information content (AvgIpc) is 2.37. The van der Waals surface area contributed by atoms with Gasteiger partial charge in [-0.15, -0.1) is 0 Å². The van der Waals surface area contributed by atoms with Gasteiger partial charge in [0.2, 0.25) is 5.91 Å². The Balaban J connectivity index is 2.67. The first kappa shape index (κ1) is 15.5. The van der Waals surface area contributed by atoms with E-state index in [0.717, 1.165) is 16.9 Å². The number of carbonyl (C=O) groups excluding carboxylic acids is 1. The van der Waals surface area contributed by atoms with Crippen LogP contribution in [0.25, 0.3) is 0 Å². The second-order valence-electron chi connectivity index (χ2n) is 4.46. The molecule has 1 atom stereocenters. The lowest BCUT2D eigenvalue weighted by Crippen LogP contribution is -2.37. The number of benzene rings is 1. The summed E-state index contributed by atoms with van der Waals surface area (Å²) in [6.07, 6.45) is 0. The van der Waals surface area contributed by atoms with Crippen molar-refractivity contribution in [3.63, 3.8) is 0 Å². The number of carbonyl (C=O) groups is 1. The molecule has 0 aromatic heterocycles. The van der Waals surface area contributed by atoms with Gasteiger partial charge in [-0.25, -0.2) is 0 Å². The molecule has 5 heteroatoms. The van der Waals surface area contributed by atoms with Crippen molar-refractivity contribution in [3.8, 4) is 5.75 Å². The van der Waals surface area contributed by atoms with E-state index in [1.165, 1.54) is 0 Å². The first-order chi connectivity index (χ1) is 9.04. The van der Waals surface area contributed by atoms with E-state index in [1.807, 2.05) is 25.1 Å². The highest BCUT2D eigenvalue weighted by molar-refractivity contribution is 5.80. The van der Waals surface area contributed by atoms with Crippen LogP contribution in [0.5, 0.6) is 5.75 Å². The van der Waals surface area contributed by atoms with Crippen molar-refractivity contribution in [2.24, 2.45) is 5.73 Å². The topological polar surface area (TPSA) is 73.6 Å². The summed E-state index contributed by atoms with van der Waals surface area (Å²) in [6.45, 7) is 5.06. The van der Waals surface area contributed by atoms with Gasteiger partial charge in [-0.05, 0) is 25.5 Å². The number of nitrogens with one attached hydrogen (secondary N) is 1. The summed E-state index contributed by atoms with van der Waals surface area (Å²) in [5.74, 6) is 0.588. The zero-order valence-electron chi connectivity index (χ0n) is 11.7. The number of nitrogens with two attached hydrogens (primary N) is 1. The van der Waals surface area contributed by atoms with E-state index in [9.17, 15) is 4.79 Å². The van der Waals surface area contributed by atoms with Crippen molar-refractivity contribution in [1.82, 2.24) is 5.32 Å². The van der Waals surface area contributed by atoms with Crippen LogP contribution in [0.3, 0.4) is 0 Å². The van der Waals surface area contributed by atoms with Gasteiger partial charge in [0.1, 0.15) is 12.4 Å². The van der Waals surface area contributed by atoms with Gasteiger partial charge >= 0.3 is 0 Å². The van der Waals surface area contributed by atoms with Crippen molar-refractivity contribution in [2.45, 2.75) is 26.4 Å². The molecule has 0 aliphatic carbocycles. The largest absolute Gasteiger partial charge is 0.491 e. The average molecular weight is 266 g/mol.